The van der Waals surface area contributed by atoms with Crippen LogP contribution >= 0.6 is 11.6 Å². The van der Waals surface area contributed by atoms with Gasteiger partial charge in [0.1, 0.15) is 0 Å². The van der Waals surface area contributed by atoms with Crippen LogP contribution in [0.4, 0.5) is 0 Å². The topological polar surface area (TPSA) is 6.48 Å². The summed E-state index contributed by atoms with van der Waals surface area (Å²) in [6, 6.07) is 0. The molecule has 0 bridgehead atoms. The molecule has 2 nitrogen and oxygen atoms in total. The van der Waals surface area contributed by atoms with E-state index in [1.54, 1.807) is 0 Å². The van der Waals surface area contributed by atoms with Crippen LogP contribution in [0.1, 0.15) is 32.6 Å². The maximum atomic E-state index is 5.92. The first-order valence-corrected chi connectivity index (χ1v) is 6.67. The number of halogens is 1. The molecule has 0 spiro atoms. The second kappa shape index (κ2) is 7.48. The lowest BCUT2D eigenvalue weighted by atomic mass is 10.3. The molecule has 1 atom stereocenters. The minimum atomic E-state index is 0.311. The summed E-state index contributed by atoms with van der Waals surface area (Å²) in [5.74, 6) is 0. The van der Waals surface area contributed by atoms with Gasteiger partial charge in [0.2, 0.25) is 0 Å². The van der Waals surface area contributed by atoms with Gasteiger partial charge in [-0.1, -0.05) is 0 Å². The van der Waals surface area contributed by atoms with E-state index >= 15 is 0 Å². The largest absolute Gasteiger partial charge is 0.306 e. The van der Waals surface area contributed by atoms with Crippen molar-refractivity contribution in [2.24, 2.45) is 0 Å². The third kappa shape index (κ3) is 6.39. The Balaban J connectivity index is 1.93. The third-order valence-electron chi connectivity index (χ3n) is 3.12. The van der Waals surface area contributed by atoms with E-state index in [1.165, 1.54) is 45.4 Å². The maximum Gasteiger partial charge on any atom is 0.0320 e. The zero-order chi connectivity index (χ0) is 11.1. The highest BCUT2D eigenvalue weighted by atomic mass is 35.5. The molecule has 1 rings (SSSR count). The van der Waals surface area contributed by atoms with Crippen LogP contribution in [0.2, 0.25) is 0 Å². The van der Waals surface area contributed by atoms with Crippen LogP contribution in [-0.2, 0) is 0 Å². The number of likely N-dealkylation sites (tertiary alicyclic amines) is 1. The van der Waals surface area contributed by atoms with E-state index in [-0.39, 0.29) is 0 Å². The average molecular weight is 233 g/mol. The highest BCUT2D eigenvalue weighted by Crippen LogP contribution is 2.08. The highest BCUT2D eigenvalue weighted by Gasteiger charge is 2.10. The van der Waals surface area contributed by atoms with Crippen molar-refractivity contribution < 1.29 is 0 Å². The van der Waals surface area contributed by atoms with Crippen LogP contribution < -0.4 is 0 Å². The Morgan fingerprint density at radius 3 is 2.53 bits per heavy atom. The van der Waals surface area contributed by atoms with Crippen LogP contribution in [0.15, 0.2) is 0 Å². The molecule has 1 fully saturated rings. The van der Waals surface area contributed by atoms with Crippen LogP contribution in [0, 0.1) is 0 Å². The van der Waals surface area contributed by atoms with Gasteiger partial charge in [-0.3, -0.25) is 0 Å². The van der Waals surface area contributed by atoms with E-state index in [1.807, 2.05) is 0 Å². The SMILES string of the molecule is CC(Cl)CCN(C)CCCN1CCCC1. The van der Waals surface area contributed by atoms with Crippen LogP contribution in [0.5, 0.6) is 0 Å². The summed E-state index contributed by atoms with van der Waals surface area (Å²) < 4.78 is 0. The van der Waals surface area contributed by atoms with Gasteiger partial charge in [-0.05, 0) is 72.4 Å². The first kappa shape index (κ1) is 13.3. The van der Waals surface area contributed by atoms with Gasteiger partial charge in [-0.15, -0.1) is 11.6 Å². The molecule has 1 aliphatic rings. The lowest BCUT2D eigenvalue weighted by Gasteiger charge is -2.19. The molecule has 0 amide bonds. The molecule has 0 aromatic heterocycles. The molecule has 1 aliphatic heterocycles. The Hall–Kier alpha value is 0.210. The van der Waals surface area contributed by atoms with Crippen molar-refractivity contribution in [1.29, 1.82) is 0 Å². The van der Waals surface area contributed by atoms with Gasteiger partial charge in [0.15, 0.2) is 0 Å². The summed E-state index contributed by atoms with van der Waals surface area (Å²) in [4.78, 5) is 4.98. The summed E-state index contributed by atoms with van der Waals surface area (Å²) in [6.45, 7) is 8.33. The third-order valence-corrected chi connectivity index (χ3v) is 3.34. The Labute approximate surface area is 99.6 Å². The molecule has 0 N–H and O–H groups in total. The minimum absolute atomic E-state index is 0.311. The number of hydrogen-bond donors (Lipinski definition) is 0. The van der Waals surface area contributed by atoms with Gasteiger partial charge in [0, 0.05) is 5.38 Å². The second-order valence-corrected chi connectivity index (χ2v) is 5.52. The zero-order valence-corrected chi connectivity index (χ0v) is 11.0. The van der Waals surface area contributed by atoms with Crippen molar-refractivity contribution in [3.8, 4) is 0 Å². The van der Waals surface area contributed by atoms with E-state index in [2.05, 4.69) is 23.8 Å². The first-order chi connectivity index (χ1) is 7.18. The normalized spacial score (nSPS) is 20.0. The Bertz CT molecular complexity index is 156. The maximum absolute atomic E-state index is 5.92. The lowest BCUT2D eigenvalue weighted by molar-refractivity contribution is 0.277. The van der Waals surface area contributed by atoms with Gasteiger partial charge in [-0.2, -0.15) is 0 Å². The summed E-state index contributed by atoms with van der Waals surface area (Å²) in [5, 5.41) is 0.311. The molecule has 90 valence electrons. The smallest absolute Gasteiger partial charge is 0.0320 e. The lowest BCUT2D eigenvalue weighted by Crippen LogP contribution is -2.27. The average Bonchev–Trinajstić information content (AvgIpc) is 2.67. The van der Waals surface area contributed by atoms with Crippen molar-refractivity contribution in [2.75, 3.05) is 39.8 Å². The number of rotatable bonds is 7. The molecule has 15 heavy (non-hydrogen) atoms. The molecule has 0 radical (unpaired) electrons. The fourth-order valence-electron chi connectivity index (χ4n) is 2.08. The molecule has 1 unspecified atom stereocenters. The van der Waals surface area contributed by atoms with E-state index in [0.29, 0.717) is 5.38 Å². The van der Waals surface area contributed by atoms with Crippen molar-refractivity contribution in [3.63, 3.8) is 0 Å². The Kier molecular flexibility index (Phi) is 6.62. The first-order valence-electron chi connectivity index (χ1n) is 6.23. The molecule has 0 aliphatic carbocycles. The van der Waals surface area contributed by atoms with Crippen LogP contribution in [0.25, 0.3) is 0 Å². The molecule has 1 saturated heterocycles. The summed E-state index contributed by atoms with van der Waals surface area (Å²) in [7, 11) is 2.20. The predicted molar refractivity (Wildman–Crippen MR) is 67.7 cm³/mol. The van der Waals surface area contributed by atoms with Crippen LogP contribution in [0.3, 0.4) is 0 Å². The number of hydrogen-bond acceptors (Lipinski definition) is 2. The van der Waals surface area contributed by atoms with Crippen molar-refractivity contribution >= 4 is 11.6 Å². The van der Waals surface area contributed by atoms with Crippen LogP contribution in [-0.4, -0.2) is 54.9 Å². The van der Waals surface area contributed by atoms with Gasteiger partial charge in [-0.25, -0.2) is 0 Å². The molecular formula is C12H25ClN2. The molecule has 0 aromatic carbocycles. The van der Waals surface area contributed by atoms with Gasteiger partial charge < -0.3 is 9.80 Å². The van der Waals surface area contributed by atoms with Gasteiger partial charge in [0.25, 0.3) is 0 Å². The van der Waals surface area contributed by atoms with E-state index < -0.39 is 0 Å². The van der Waals surface area contributed by atoms with E-state index in [4.69, 9.17) is 11.6 Å². The van der Waals surface area contributed by atoms with E-state index in [9.17, 15) is 0 Å². The number of alkyl halides is 1. The van der Waals surface area contributed by atoms with Crippen molar-refractivity contribution in [2.45, 2.75) is 38.0 Å². The van der Waals surface area contributed by atoms with Crippen molar-refractivity contribution in [1.82, 2.24) is 9.80 Å². The minimum Gasteiger partial charge on any atom is -0.306 e. The Morgan fingerprint density at radius 1 is 1.27 bits per heavy atom. The second-order valence-electron chi connectivity index (χ2n) is 4.78. The van der Waals surface area contributed by atoms with Gasteiger partial charge in [0.05, 0.1) is 0 Å². The van der Waals surface area contributed by atoms with Gasteiger partial charge >= 0.3 is 0 Å². The fraction of sp³-hybridized carbons (Fsp3) is 1.00. The molecular weight excluding hydrogens is 208 g/mol. The summed E-state index contributed by atoms with van der Waals surface area (Å²) in [5.41, 5.74) is 0. The molecule has 0 aromatic rings. The fourth-order valence-corrected chi connectivity index (χ4v) is 2.18. The molecule has 3 heteroatoms. The zero-order valence-electron chi connectivity index (χ0n) is 10.2. The van der Waals surface area contributed by atoms with Crippen molar-refractivity contribution in [3.05, 3.63) is 0 Å². The standard InChI is InChI=1S/C12H25ClN2/c1-12(13)6-11-14(2)7-5-10-15-8-3-4-9-15/h12H,3-11H2,1-2H3. The Morgan fingerprint density at radius 2 is 1.93 bits per heavy atom. The quantitative estimate of drug-likeness (QED) is 0.623. The molecule has 0 saturated carbocycles. The number of nitrogens with zero attached hydrogens (tertiary/aromatic N) is 2. The predicted octanol–water partition coefficient (Wildman–Crippen LogP) is 2.42. The highest BCUT2D eigenvalue weighted by molar-refractivity contribution is 6.20. The van der Waals surface area contributed by atoms with E-state index in [0.717, 1.165) is 13.0 Å². The summed E-state index contributed by atoms with van der Waals surface area (Å²) in [6.07, 6.45) is 5.20. The molecule has 1 heterocycles. The summed E-state index contributed by atoms with van der Waals surface area (Å²) >= 11 is 5.92. The monoisotopic (exact) mass is 232 g/mol.